The Morgan fingerprint density at radius 2 is 1.82 bits per heavy atom. The summed E-state index contributed by atoms with van der Waals surface area (Å²) in [5.41, 5.74) is 2.11. The lowest BCUT2D eigenvalue weighted by molar-refractivity contribution is -0.115. The summed E-state index contributed by atoms with van der Waals surface area (Å²) < 4.78 is 6.70. The smallest absolute Gasteiger partial charge is 0.338 e. The number of esters is 1. The SMILES string of the molecule is O=C(CCCl)Nc1ccccc1C1CC(Cl)CC1OC(=O)c1ccc(Br)cc1. The van der Waals surface area contributed by atoms with Gasteiger partial charge in [-0.1, -0.05) is 34.1 Å². The number of alkyl halides is 2. The highest BCUT2D eigenvalue weighted by molar-refractivity contribution is 9.10. The number of amides is 1. The van der Waals surface area contributed by atoms with Crippen molar-refractivity contribution in [2.45, 2.75) is 36.7 Å². The van der Waals surface area contributed by atoms with Gasteiger partial charge in [-0.2, -0.15) is 0 Å². The van der Waals surface area contributed by atoms with E-state index >= 15 is 0 Å². The van der Waals surface area contributed by atoms with E-state index in [1.165, 1.54) is 0 Å². The van der Waals surface area contributed by atoms with Gasteiger partial charge >= 0.3 is 5.97 Å². The summed E-state index contributed by atoms with van der Waals surface area (Å²) >= 11 is 15.4. The Balaban J connectivity index is 1.79. The molecule has 1 saturated carbocycles. The van der Waals surface area contributed by atoms with E-state index in [9.17, 15) is 9.59 Å². The van der Waals surface area contributed by atoms with Gasteiger partial charge in [-0.3, -0.25) is 4.79 Å². The monoisotopic (exact) mass is 483 g/mol. The minimum Gasteiger partial charge on any atom is -0.458 e. The molecule has 3 unspecified atom stereocenters. The van der Waals surface area contributed by atoms with Crippen molar-refractivity contribution in [1.29, 1.82) is 0 Å². The zero-order valence-electron chi connectivity index (χ0n) is 15.0. The topological polar surface area (TPSA) is 55.4 Å². The van der Waals surface area contributed by atoms with Gasteiger partial charge in [0.25, 0.3) is 0 Å². The first-order chi connectivity index (χ1) is 13.5. The summed E-state index contributed by atoms with van der Waals surface area (Å²) in [7, 11) is 0. The number of anilines is 1. The number of carbonyl (C=O) groups excluding carboxylic acids is 2. The fraction of sp³-hybridized carbons (Fsp3) is 0.333. The Morgan fingerprint density at radius 1 is 1.11 bits per heavy atom. The second kappa shape index (κ2) is 9.77. The maximum atomic E-state index is 12.6. The van der Waals surface area contributed by atoms with Gasteiger partial charge in [-0.05, 0) is 42.3 Å². The number of halogens is 3. The van der Waals surface area contributed by atoms with Crippen molar-refractivity contribution in [1.82, 2.24) is 0 Å². The van der Waals surface area contributed by atoms with Crippen molar-refractivity contribution in [3.8, 4) is 0 Å². The van der Waals surface area contributed by atoms with Crippen LogP contribution in [0.4, 0.5) is 5.69 Å². The summed E-state index contributed by atoms with van der Waals surface area (Å²) in [4.78, 5) is 24.6. The molecule has 2 aromatic carbocycles. The number of benzene rings is 2. The van der Waals surface area contributed by atoms with E-state index in [1.807, 2.05) is 24.3 Å². The molecule has 3 atom stereocenters. The van der Waals surface area contributed by atoms with Gasteiger partial charge in [0.05, 0.1) is 5.56 Å². The third kappa shape index (κ3) is 5.28. The number of ether oxygens (including phenoxy) is 1. The highest BCUT2D eigenvalue weighted by Gasteiger charge is 2.38. The van der Waals surface area contributed by atoms with E-state index in [0.29, 0.717) is 24.1 Å². The van der Waals surface area contributed by atoms with Crippen molar-refractivity contribution in [3.05, 3.63) is 64.1 Å². The fourth-order valence-corrected chi connectivity index (χ4v) is 4.23. The predicted molar refractivity (Wildman–Crippen MR) is 115 cm³/mol. The van der Waals surface area contributed by atoms with Crippen LogP contribution >= 0.6 is 39.1 Å². The minimum absolute atomic E-state index is 0.0885. The predicted octanol–water partition coefficient (Wildman–Crippen LogP) is 5.73. The second-order valence-electron chi connectivity index (χ2n) is 6.70. The molecule has 2 aromatic rings. The molecule has 1 amide bonds. The van der Waals surface area contributed by atoms with Crippen LogP contribution in [-0.2, 0) is 9.53 Å². The third-order valence-corrected chi connectivity index (χ3v) is 5.81. The summed E-state index contributed by atoms with van der Waals surface area (Å²) in [6.45, 7) is 0. The molecule has 0 heterocycles. The third-order valence-electron chi connectivity index (χ3n) is 4.74. The molecule has 0 radical (unpaired) electrons. The molecule has 1 N–H and O–H groups in total. The van der Waals surface area contributed by atoms with E-state index in [-0.39, 0.29) is 41.6 Å². The standard InChI is InChI=1S/C21H20BrCl2NO3/c22-14-7-5-13(6-8-14)21(27)28-19-12-15(24)11-17(19)16-3-1-2-4-18(16)25-20(26)9-10-23/h1-8,15,17,19H,9-12H2,(H,25,26). The second-order valence-corrected chi connectivity index (χ2v) is 8.61. The lowest BCUT2D eigenvalue weighted by Crippen LogP contribution is -2.23. The van der Waals surface area contributed by atoms with Crippen LogP contribution in [0.1, 0.15) is 41.1 Å². The zero-order valence-corrected chi connectivity index (χ0v) is 18.1. The van der Waals surface area contributed by atoms with Crippen molar-refractivity contribution in [2.24, 2.45) is 0 Å². The first kappa shape index (κ1) is 21.2. The first-order valence-electron chi connectivity index (χ1n) is 9.03. The Labute approximate surface area is 182 Å². The van der Waals surface area contributed by atoms with Crippen molar-refractivity contribution in [3.63, 3.8) is 0 Å². The fourth-order valence-electron chi connectivity index (χ4n) is 3.42. The first-order valence-corrected chi connectivity index (χ1v) is 10.8. The maximum Gasteiger partial charge on any atom is 0.338 e. The zero-order chi connectivity index (χ0) is 20.1. The van der Waals surface area contributed by atoms with Gasteiger partial charge in [0, 0.05) is 40.2 Å². The minimum atomic E-state index is -0.378. The lowest BCUT2D eigenvalue weighted by atomic mass is 9.93. The van der Waals surface area contributed by atoms with E-state index in [0.717, 1.165) is 10.0 Å². The Hall–Kier alpha value is -1.56. The molecule has 1 aliphatic rings. The molecule has 148 valence electrons. The number of nitrogens with one attached hydrogen (secondary N) is 1. The van der Waals surface area contributed by atoms with Gasteiger partial charge < -0.3 is 10.1 Å². The molecule has 0 aromatic heterocycles. The lowest BCUT2D eigenvalue weighted by Gasteiger charge is -2.23. The number of rotatable bonds is 6. The Bertz CT molecular complexity index is 844. The molecule has 0 spiro atoms. The molecule has 4 nitrogen and oxygen atoms in total. The molecule has 1 fully saturated rings. The van der Waals surface area contributed by atoms with Gasteiger partial charge in [0.2, 0.25) is 5.91 Å². The van der Waals surface area contributed by atoms with Crippen molar-refractivity contribution >= 4 is 56.7 Å². The molecular weight excluding hydrogens is 465 g/mol. The Kier molecular flexibility index (Phi) is 7.38. The van der Waals surface area contributed by atoms with Crippen LogP contribution in [0.25, 0.3) is 0 Å². The molecule has 1 aliphatic carbocycles. The van der Waals surface area contributed by atoms with E-state index in [2.05, 4.69) is 21.2 Å². The largest absolute Gasteiger partial charge is 0.458 e. The van der Waals surface area contributed by atoms with Crippen LogP contribution in [0.15, 0.2) is 53.0 Å². The van der Waals surface area contributed by atoms with Gasteiger partial charge in [0.15, 0.2) is 0 Å². The van der Waals surface area contributed by atoms with Gasteiger partial charge in [-0.25, -0.2) is 4.79 Å². The summed E-state index contributed by atoms with van der Waals surface area (Å²) in [6, 6.07) is 14.6. The van der Waals surface area contributed by atoms with E-state index < -0.39 is 0 Å². The molecule has 28 heavy (non-hydrogen) atoms. The number of hydrogen-bond acceptors (Lipinski definition) is 3. The Morgan fingerprint density at radius 3 is 2.54 bits per heavy atom. The molecule has 3 rings (SSSR count). The van der Waals surface area contributed by atoms with Crippen LogP contribution in [-0.4, -0.2) is 29.2 Å². The number of carbonyl (C=O) groups is 2. The van der Waals surface area contributed by atoms with E-state index in [1.54, 1.807) is 24.3 Å². The highest BCUT2D eigenvalue weighted by Crippen LogP contribution is 2.42. The molecule has 0 aliphatic heterocycles. The molecular formula is C21H20BrCl2NO3. The summed E-state index contributed by atoms with van der Waals surface area (Å²) in [5.74, 6) is -0.355. The molecule has 0 saturated heterocycles. The average Bonchev–Trinajstić information content (AvgIpc) is 3.03. The van der Waals surface area contributed by atoms with Crippen LogP contribution in [0.3, 0.4) is 0 Å². The van der Waals surface area contributed by atoms with Crippen LogP contribution in [0.2, 0.25) is 0 Å². The number of para-hydroxylation sites is 1. The number of hydrogen-bond donors (Lipinski definition) is 1. The molecule has 7 heteroatoms. The molecule has 0 bridgehead atoms. The summed E-state index contributed by atoms with van der Waals surface area (Å²) in [5, 5.41) is 2.80. The van der Waals surface area contributed by atoms with Gasteiger partial charge in [-0.15, -0.1) is 23.2 Å². The average molecular weight is 485 g/mol. The van der Waals surface area contributed by atoms with Crippen LogP contribution in [0, 0.1) is 0 Å². The quantitative estimate of drug-likeness (QED) is 0.421. The van der Waals surface area contributed by atoms with Crippen molar-refractivity contribution < 1.29 is 14.3 Å². The van der Waals surface area contributed by atoms with Crippen LogP contribution < -0.4 is 5.32 Å². The summed E-state index contributed by atoms with van der Waals surface area (Å²) in [6.07, 6.45) is 1.12. The van der Waals surface area contributed by atoms with Gasteiger partial charge in [0.1, 0.15) is 6.10 Å². The van der Waals surface area contributed by atoms with Crippen LogP contribution in [0.5, 0.6) is 0 Å². The van der Waals surface area contributed by atoms with Crippen molar-refractivity contribution in [2.75, 3.05) is 11.2 Å². The maximum absolute atomic E-state index is 12.6. The normalized spacial score (nSPS) is 21.3. The van der Waals surface area contributed by atoms with E-state index in [4.69, 9.17) is 27.9 Å². The highest BCUT2D eigenvalue weighted by atomic mass is 79.9.